The highest BCUT2D eigenvalue weighted by atomic mass is 15.1. The fourth-order valence-corrected chi connectivity index (χ4v) is 10.0. The molecular formula is C66H40N6. The van der Waals surface area contributed by atoms with Gasteiger partial charge in [-0.05, 0) is 154 Å². The van der Waals surface area contributed by atoms with Crippen LogP contribution in [0.2, 0.25) is 0 Å². The molecule has 14 aromatic rings. The van der Waals surface area contributed by atoms with Crippen LogP contribution in [0.1, 0.15) is 0 Å². The van der Waals surface area contributed by atoms with Gasteiger partial charge in [-0.3, -0.25) is 0 Å². The molecule has 0 aliphatic carbocycles. The zero-order valence-electron chi connectivity index (χ0n) is 38.8. The van der Waals surface area contributed by atoms with Crippen LogP contribution in [0, 0.1) is 0 Å². The van der Waals surface area contributed by atoms with E-state index in [1.807, 2.05) is 42.5 Å². The van der Waals surface area contributed by atoms with E-state index in [1.54, 1.807) is 0 Å². The van der Waals surface area contributed by atoms with Gasteiger partial charge >= 0.3 is 0 Å². The quantitative estimate of drug-likeness (QED) is 0.148. The molecule has 6 nitrogen and oxygen atoms in total. The third-order valence-corrected chi connectivity index (χ3v) is 13.8. The highest BCUT2D eigenvalue weighted by Gasteiger charge is 2.20. The van der Waals surface area contributed by atoms with Crippen LogP contribution in [0.15, 0.2) is 243 Å². The van der Waals surface area contributed by atoms with Gasteiger partial charge in [0, 0.05) is 22.3 Å². The summed E-state index contributed by atoms with van der Waals surface area (Å²) in [6, 6.07) is 85.6. The van der Waals surface area contributed by atoms with Gasteiger partial charge in [0.2, 0.25) is 11.6 Å². The molecule has 0 saturated heterocycles. The second kappa shape index (κ2) is 17.0. The number of aromatic nitrogens is 6. The van der Waals surface area contributed by atoms with Gasteiger partial charge in [-0.1, -0.05) is 176 Å². The summed E-state index contributed by atoms with van der Waals surface area (Å²) in [7, 11) is 0. The number of fused-ring (bicyclic) bond motifs is 6. The highest BCUT2D eigenvalue weighted by Crippen LogP contribution is 2.37. The van der Waals surface area contributed by atoms with Crippen molar-refractivity contribution in [3.63, 3.8) is 0 Å². The highest BCUT2D eigenvalue weighted by molar-refractivity contribution is 6.02. The van der Waals surface area contributed by atoms with E-state index in [1.165, 1.54) is 43.1 Å². The Morgan fingerprint density at radius 2 is 0.417 bits per heavy atom. The van der Waals surface area contributed by atoms with Crippen LogP contribution in [-0.4, -0.2) is 29.9 Å². The van der Waals surface area contributed by atoms with E-state index in [4.69, 9.17) is 29.9 Å². The largest absolute Gasteiger partial charge is 0.208 e. The number of hydrogen-bond donors (Lipinski definition) is 0. The van der Waals surface area contributed by atoms with E-state index >= 15 is 0 Å². The van der Waals surface area contributed by atoms with Crippen molar-refractivity contribution < 1.29 is 0 Å². The lowest BCUT2D eigenvalue weighted by atomic mass is 9.92. The van der Waals surface area contributed by atoms with Crippen LogP contribution in [0.4, 0.5) is 0 Å². The van der Waals surface area contributed by atoms with Crippen molar-refractivity contribution >= 4 is 64.6 Å². The fraction of sp³-hybridized carbons (Fsp3) is 0. The summed E-state index contributed by atoms with van der Waals surface area (Å²) in [5.74, 6) is 2.74. The van der Waals surface area contributed by atoms with Crippen LogP contribution in [0.3, 0.4) is 0 Å². The van der Waals surface area contributed by atoms with E-state index in [2.05, 4.69) is 200 Å². The van der Waals surface area contributed by atoms with Crippen molar-refractivity contribution in [2.75, 3.05) is 0 Å². The Labute approximate surface area is 414 Å². The molecule has 6 heteroatoms. The van der Waals surface area contributed by atoms with E-state index < -0.39 is 0 Å². The average molecular weight is 917 g/mol. The third kappa shape index (κ3) is 7.64. The molecule has 0 saturated carbocycles. The Balaban J connectivity index is 0.987. The Hall–Kier alpha value is -9.78. The molecule has 12 aromatic carbocycles. The first kappa shape index (κ1) is 41.2. The maximum atomic E-state index is 5.33. The Kier molecular flexibility index (Phi) is 9.74. The smallest absolute Gasteiger partial charge is 0.202 e. The van der Waals surface area contributed by atoms with Gasteiger partial charge in [-0.2, -0.15) is 0 Å². The van der Waals surface area contributed by atoms with Crippen molar-refractivity contribution in [2.24, 2.45) is 0 Å². The van der Waals surface area contributed by atoms with Crippen molar-refractivity contribution in [1.82, 2.24) is 29.9 Å². The summed E-state index contributed by atoms with van der Waals surface area (Å²) in [4.78, 5) is 31.3. The SMILES string of the molecule is c1ccc(-c2nc(-c3cc(-c4ccc5cc6ccccc6cc5c4)cc(-c4ccc5cc6ccccc6cc5c4)c3)nc(-c3nc(-c4ccc5ccccc5c4)nc(-c4ccc5ccccc5c4)n3)n2)cc1. The summed E-state index contributed by atoms with van der Waals surface area (Å²) < 4.78 is 0. The normalized spacial score (nSPS) is 11.6. The Bertz CT molecular complexity index is 4240. The summed E-state index contributed by atoms with van der Waals surface area (Å²) in [5.41, 5.74) is 7.65. The van der Waals surface area contributed by atoms with Crippen LogP contribution in [0.25, 0.3) is 144 Å². The lowest BCUT2D eigenvalue weighted by Gasteiger charge is -2.14. The van der Waals surface area contributed by atoms with Gasteiger partial charge in [-0.25, -0.2) is 29.9 Å². The Morgan fingerprint density at radius 1 is 0.139 bits per heavy atom. The summed E-state index contributed by atoms with van der Waals surface area (Å²) in [6.45, 7) is 0. The minimum atomic E-state index is 0.340. The molecule has 0 aliphatic heterocycles. The first-order chi connectivity index (χ1) is 35.6. The fourth-order valence-electron chi connectivity index (χ4n) is 10.0. The zero-order chi connectivity index (χ0) is 47.5. The van der Waals surface area contributed by atoms with Gasteiger partial charge in [0.25, 0.3) is 0 Å². The van der Waals surface area contributed by atoms with Crippen LogP contribution < -0.4 is 0 Å². The second-order valence-electron chi connectivity index (χ2n) is 18.4. The molecule has 0 unspecified atom stereocenters. The predicted molar refractivity (Wildman–Crippen MR) is 296 cm³/mol. The summed E-state index contributed by atoms with van der Waals surface area (Å²) >= 11 is 0. The first-order valence-corrected chi connectivity index (χ1v) is 24.1. The van der Waals surface area contributed by atoms with Crippen LogP contribution >= 0.6 is 0 Å². The molecule has 0 N–H and O–H groups in total. The predicted octanol–water partition coefficient (Wildman–Crippen LogP) is 16.6. The summed E-state index contributed by atoms with van der Waals surface area (Å²) in [5, 5.41) is 14.0. The molecule has 2 heterocycles. The van der Waals surface area contributed by atoms with Gasteiger partial charge in [0.1, 0.15) is 0 Å². The number of hydrogen-bond acceptors (Lipinski definition) is 6. The van der Waals surface area contributed by atoms with E-state index in [-0.39, 0.29) is 0 Å². The van der Waals surface area contributed by atoms with Crippen LogP contribution in [-0.2, 0) is 0 Å². The molecule has 0 aliphatic rings. The van der Waals surface area contributed by atoms with Crippen molar-refractivity contribution in [3.8, 4) is 79.5 Å². The molecular weight excluding hydrogens is 877 g/mol. The number of rotatable bonds is 7. The van der Waals surface area contributed by atoms with Crippen molar-refractivity contribution in [2.45, 2.75) is 0 Å². The molecule has 14 rings (SSSR count). The molecule has 0 spiro atoms. The van der Waals surface area contributed by atoms with E-state index in [9.17, 15) is 0 Å². The van der Waals surface area contributed by atoms with Gasteiger partial charge in [0.05, 0.1) is 0 Å². The van der Waals surface area contributed by atoms with E-state index in [0.29, 0.717) is 34.9 Å². The van der Waals surface area contributed by atoms with Crippen molar-refractivity contribution in [1.29, 1.82) is 0 Å². The second-order valence-corrected chi connectivity index (χ2v) is 18.4. The molecule has 72 heavy (non-hydrogen) atoms. The molecule has 0 radical (unpaired) electrons. The Morgan fingerprint density at radius 3 is 0.861 bits per heavy atom. The molecule has 0 fully saturated rings. The minimum Gasteiger partial charge on any atom is -0.208 e. The molecule has 2 aromatic heterocycles. The van der Waals surface area contributed by atoms with Gasteiger partial charge in [0.15, 0.2) is 23.3 Å². The van der Waals surface area contributed by atoms with Crippen molar-refractivity contribution in [3.05, 3.63) is 243 Å². The maximum absolute atomic E-state index is 5.33. The maximum Gasteiger partial charge on any atom is 0.202 e. The minimum absolute atomic E-state index is 0.340. The standard InChI is InChI=1S/C66H40N6/c1-2-14-43(15-3-1)61-67-64(72-65(69-61)66-70-62(54-28-22-41-12-4-6-16-44(41)32-54)68-63(71-66)55-29-23-42-13-5-7-17-45(42)33-55)60-39-58(52-26-24-50-30-46-18-8-10-20-48(46)34-56(50)36-52)38-59(40-60)53-27-25-51-31-47-19-9-11-21-49(47)35-57(51)37-53/h1-40H. The molecule has 0 amide bonds. The molecule has 0 bridgehead atoms. The average Bonchev–Trinajstić information content (AvgIpc) is 3.45. The van der Waals surface area contributed by atoms with Crippen LogP contribution in [0.5, 0.6) is 0 Å². The van der Waals surface area contributed by atoms with Gasteiger partial charge in [-0.15, -0.1) is 0 Å². The first-order valence-electron chi connectivity index (χ1n) is 24.1. The van der Waals surface area contributed by atoms with E-state index in [0.717, 1.165) is 66.1 Å². The lowest BCUT2D eigenvalue weighted by Crippen LogP contribution is -2.06. The topological polar surface area (TPSA) is 77.3 Å². The summed E-state index contributed by atoms with van der Waals surface area (Å²) in [6.07, 6.45) is 0. The number of nitrogens with zero attached hydrogens (tertiary/aromatic N) is 6. The van der Waals surface area contributed by atoms with Gasteiger partial charge < -0.3 is 0 Å². The third-order valence-electron chi connectivity index (χ3n) is 13.8. The number of benzene rings is 12. The zero-order valence-corrected chi connectivity index (χ0v) is 38.8. The lowest BCUT2D eigenvalue weighted by molar-refractivity contribution is 1.00. The molecule has 334 valence electrons. The monoisotopic (exact) mass is 916 g/mol. The molecule has 0 atom stereocenters.